The first kappa shape index (κ1) is 11.3. The smallest absolute Gasteiger partial charge is 0.377 e. The summed E-state index contributed by atoms with van der Waals surface area (Å²) in [4.78, 5) is 26.6. The van der Waals surface area contributed by atoms with Crippen LogP contribution < -0.4 is 0 Å². The summed E-state index contributed by atoms with van der Waals surface area (Å²) < 4.78 is 0. The third-order valence-electron chi connectivity index (χ3n) is 2.97. The van der Waals surface area contributed by atoms with Gasteiger partial charge in [-0.3, -0.25) is 4.79 Å². The van der Waals surface area contributed by atoms with Crippen LogP contribution >= 0.6 is 0 Å². The average molecular weight is 251 g/mol. The van der Waals surface area contributed by atoms with Crippen LogP contribution in [0.5, 0.6) is 0 Å². The first-order valence-corrected chi connectivity index (χ1v) is 5.72. The highest BCUT2D eigenvalue weighted by Crippen LogP contribution is 2.20. The third-order valence-corrected chi connectivity index (χ3v) is 2.97. The molecule has 0 atom stereocenters. The molecule has 2 aromatic carbocycles. The van der Waals surface area contributed by atoms with Crippen molar-refractivity contribution in [3.63, 3.8) is 0 Å². The van der Waals surface area contributed by atoms with Gasteiger partial charge in [-0.25, -0.2) is 9.78 Å². The Bertz CT molecular complexity index is 824. The van der Waals surface area contributed by atoms with E-state index in [4.69, 9.17) is 5.11 Å². The molecule has 4 nitrogen and oxygen atoms in total. The lowest BCUT2D eigenvalue weighted by Gasteiger charge is -2.03. The van der Waals surface area contributed by atoms with Gasteiger partial charge < -0.3 is 5.11 Å². The van der Waals surface area contributed by atoms with Crippen LogP contribution in [0.1, 0.15) is 10.4 Å². The van der Waals surface area contributed by atoms with Gasteiger partial charge in [0, 0.05) is 16.3 Å². The number of hydrogen-bond acceptors (Lipinski definition) is 3. The molecule has 1 heterocycles. The Morgan fingerprint density at radius 1 is 0.895 bits per heavy atom. The molecule has 92 valence electrons. The number of para-hydroxylation sites is 1. The molecule has 0 bridgehead atoms. The van der Waals surface area contributed by atoms with E-state index < -0.39 is 11.8 Å². The van der Waals surface area contributed by atoms with Crippen LogP contribution in [0.25, 0.3) is 21.8 Å². The molecule has 0 unspecified atom stereocenters. The Morgan fingerprint density at radius 3 is 2.42 bits per heavy atom. The molecule has 0 saturated heterocycles. The number of fused-ring (bicyclic) bond motifs is 2. The Morgan fingerprint density at radius 2 is 1.63 bits per heavy atom. The van der Waals surface area contributed by atoms with Crippen molar-refractivity contribution in [3.8, 4) is 0 Å². The van der Waals surface area contributed by atoms with Crippen LogP contribution in [-0.2, 0) is 4.79 Å². The molecule has 0 aliphatic rings. The van der Waals surface area contributed by atoms with E-state index in [0.29, 0.717) is 0 Å². The van der Waals surface area contributed by atoms with E-state index in [1.54, 1.807) is 12.1 Å². The van der Waals surface area contributed by atoms with Gasteiger partial charge in [0.1, 0.15) is 0 Å². The molecule has 3 aromatic rings. The zero-order valence-electron chi connectivity index (χ0n) is 9.83. The standard InChI is InChI=1S/C15H9NO3/c17-14(15(18)19)10-5-6-13-11(8-10)7-9-3-1-2-4-12(9)16-13/h1-8H,(H,18,19). The molecular weight excluding hydrogens is 242 g/mol. The predicted molar refractivity (Wildman–Crippen MR) is 71.2 cm³/mol. The summed E-state index contributed by atoms with van der Waals surface area (Å²) >= 11 is 0. The Kier molecular flexibility index (Phi) is 2.49. The highest BCUT2D eigenvalue weighted by molar-refractivity contribution is 6.40. The van der Waals surface area contributed by atoms with Crippen molar-refractivity contribution in [3.05, 3.63) is 54.1 Å². The fourth-order valence-corrected chi connectivity index (χ4v) is 2.05. The van der Waals surface area contributed by atoms with Gasteiger partial charge in [0.05, 0.1) is 11.0 Å². The summed E-state index contributed by atoms with van der Waals surface area (Å²) in [5, 5.41) is 10.4. The second kappa shape index (κ2) is 4.17. The summed E-state index contributed by atoms with van der Waals surface area (Å²) in [5.41, 5.74) is 1.77. The van der Waals surface area contributed by atoms with Gasteiger partial charge in [-0.15, -0.1) is 0 Å². The maximum absolute atomic E-state index is 11.4. The lowest BCUT2D eigenvalue weighted by atomic mass is 10.1. The Balaban J connectivity index is 2.25. The lowest BCUT2D eigenvalue weighted by molar-refractivity contribution is -0.131. The molecule has 4 heteroatoms. The highest BCUT2D eigenvalue weighted by Gasteiger charge is 2.14. The number of Topliss-reactive ketones (excluding diaryl/α,β-unsaturated/α-hetero) is 1. The van der Waals surface area contributed by atoms with E-state index in [-0.39, 0.29) is 5.56 Å². The van der Waals surface area contributed by atoms with Gasteiger partial charge in [-0.2, -0.15) is 0 Å². The monoisotopic (exact) mass is 251 g/mol. The molecule has 0 aliphatic carbocycles. The molecule has 19 heavy (non-hydrogen) atoms. The van der Waals surface area contributed by atoms with Gasteiger partial charge in [0.25, 0.3) is 5.78 Å². The quantitative estimate of drug-likeness (QED) is 0.432. The average Bonchev–Trinajstić information content (AvgIpc) is 2.43. The minimum Gasteiger partial charge on any atom is -0.475 e. The number of aliphatic carboxylic acids is 1. The molecule has 0 fully saturated rings. The number of rotatable bonds is 2. The van der Waals surface area contributed by atoms with Crippen LogP contribution in [0.3, 0.4) is 0 Å². The maximum atomic E-state index is 11.4. The largest absolute Gasteiger partial charge is 0.475 e. The predicted octanol–water partition coefficient (Wildman–Crippen LogP) is 2.66. The molecule has 0 saturated carbocycles. The van der Waals surface area contributed by atoms with Crippen LogP contribution in [-0.4, -0.2) is 21.8 Å². The molecule has 0 spiro atoms. The van der Waals surface area contributed by atoms with E-state index in [2.05, 4.69) is 4.98 Å². The lowest BCUT2D eigenvalue weighted by Crippen LogP contribution is -2.12. The molecule has 1 aromatic heterocycles. The highest BCUT2D eigenvalue weighted by atomic mass is 16.4. The fourth-order valence-electron chi connectivity index (χ4n) is 2.05. The number of hydrogen-bond donors (Lipinski definition) is 1. The number of carboxylic acids is 1. The summed E-state index contributed by atoms with van der Waals surface area (Å²) in [6.45, 7) is 0. The normalized spacial score (nSPS) is 10.7. The van der Waals surface area contributed by atoms with Crippen LogP contribution in [0.4, 0.5) is 0 Å². The van der Waals surface area contributed by atoms with Crippen molar-refractivity contribution in [1.29, 1.82) is 0 Å². The SMILES string of the molecule is O=C(O)C(=O)c1ccc2nc3ccccc3cc2c1. The second-order valence-electron chi connectivity index (χ2n) is 4.22. The van der Waals surface area contributed by atoms with Gasteiger partial charge in [0.2, 0.25) is 0 Å². The van der Waals surface area contributed by atoms with Gasteiger partial charge >= 0.3 is 5.97 Å². The third kappa shape index (κ3) is 1.93. The topological polar surface area (TPSA) is 67.3 Å². The van der Waals surface area contributed by atoms with E-state index >= 15 is 0 Å². The number of carboxylic acid groups (broad SMARTS) is 1. The molecule has 3 rings (SSSR count). The van der Waals surface area contributed by atoms with Crippen molar-refractivity contribution in [2.75, 3.05) is 0 Å². The van der Waals surface area contributed by atoms with E-state index in [1.165, 1.54) is 6.07 Å². The first-order chi connectivity index (χ1) is 9.15. The van der Waals surface area contributed by atoms with Gasteiger partial charge in [0.15, 0.2) is 0 Å². The molecule has 1 N–H and O–H groups in total. The first-order valence-electron chi connectivity index (χ1n) is 5.72. The van der Waals surface area contributed by atoms with E-state index in [0.717, 1.165) is 21.8 Å². The summed E-state index contributed by atoms with van der Waals surface area (Å²) in [7, 11) is 0. The van der Waals surface area contributed by atoms with Crippen LogP contribution in [0, 0.1) is 0 Å². The van der Waals surface area contributed by atoms with Crippen molar-refractivity contribution in [2.45, 2.75) is 0 Å². The minimum atomic E-state index is -1.45. The molecular formula is C15H9NO3. The van der Waals surface area contributed by atoms with Crippen molar-refractivity contribution >= 4 is 33.6 Å². The Hall–Kier alpha value is -2.75. The fraction of sp³-hybridized carbons (Fsp3) is 0. The van der Waals surface area contributed by atoms with E-state index in [1.807, 2.05) is 30.3 Å². The number of ketones is 1. The van der Waals surface area contributed by atoms with Gasteiger partial charge in [-0.1, -0.05) is 18.2 Å². The number of carbonyl (C=O) groups is 2. The van der Waals surface area contributed by atoms with Crippen LogP contribution in [0.15, 0.2) is 48.5 Å². The molecule has 0 aliphatic heterocycles. The second-order valence-corrected chi connectivity index (χ2v) is 4.22. The summed E-state index contributed by atoms with van der Waals surface area (Å²) in [6.07, 6.45) is 0. The Labute approximate surface area is 108 Å². The van der Waals surface area contributed by atoms with Crippen molar-refractivity contribution < 1.29 is 14.7 Å². The summed E-state index contributed by atoms with van der Waals surface area (Å²) in [6, 6.07) is 14.3. The van der Waals surface area contributed by atoms with E-state index in [9.17, 15) is 9.59 Å². The number of nitrogens with zero attached hydrogens (tertiary/aromatic N) is 1. The summed E-state index contributed by atoms with van der Waals surface area (Å²) in [5.74, 6) is -2.36. The zero-order chi connectivity index (χ0) is 13.4. The molecule has 0 radical (unpaired) electrons. The number of carbonyl (C=O) groups excluding carboxylic acids is 1. The van der Waals surface area contributed by atoms with Crippen molar-refractivity contribution in [2.24, 2.45) is 0 Å². The molecule has 0 amide bonds. The number of pyridine rings is 1. The maximum Gasteiger partial charge on any atom is 0.377 e. The van der Waals surface area contributed by atoms with Crippen molar-refractivity contribution in [1.82, 2.24) is 4.98 Å². The zero-order valence-corrected chi connectivity index (χ0v) is 9.83. The van der Waals surface area contributed by atoms with Crippen LogP contribution in [0.2, 0.25) is 0 Å². The number of aromatic nitrogens is 1. The van der Waals surface area contributed by atoms with Gasteiger partial charge in [-0.05, 0) is 30.3 Å². The number of benzene rings is 2. The minimum absolute atomic E-state index is 0.164.